The van der Waals surface area contributed by atoms with E-state index in [4.69, 9.17) is 9.47 Å². The van der Waals surface area contributed by atoms with Gasteiger partial charge in [0, 0.05) is 11.3 Å². The van der Waals surface area contributed by atoms with Crippen molar-refractivity contribution >= 4 is 11.3 Å². The summed E-state index contributed by atoms with van der Waals surface area (Å²) >= 11 is 1.57. The molecule has 2 heterocycles. The molecule has 0 radical (unpaired) electrons. The zero-order valence-corrected chi connectivity index (χ0v) is 14.2. The van der Waals surface area contributed by atoms with Crippen LogP contribution in [0.1, 0.15) is 51.0 Å². The summed E-state index contributed by atoms with van der Waals surface area (Å²) in [4.78, 5) is 0.970. The first-order valence-electron chi connectivity index (χ1n) is 8.21. The minimum atomic E-state index is -0.498. The van der Waals surface area contributed by atoms with Gasteiger partial charge in [-0.1, -0.05) is 26.8 Å². The van der Waals surface area contributed by atoms with Gasteiger partial charge >= 0.3 is 0 Å². The molecule has 6 atom stereocenters. The van der Waals surface area contributed by atoms with Crippen molar-refractivity contribution in [3.8, 4) is 6.07 Å². The monoisotopic (exact) mass is 317 g/mol. The fraction of sp³-hybridized carbons (Fsp3) is 0.722. The Bertz CT molecular complexity index is 605. The molecule has 4 heteroatoms. The molecule has 1 saturated heterocycles. The van der Waals surface area contributed by atoms with Crippen LogP contribution in [0, 0.1) is 34.0 Å². The van der Waals surface area contributed by atoms with E-state index in [2.05, 4.69) is 26.8 Å². The van der Waals surface area contributed by atoms with Gasteiger partial charge in [-0.25, -0.2) is 0 Å². The lowest BCUT2D eigenvalue weighted by Gasteiger charge is -2.38. The number of hydrogen-bond acceptors (Lipinski definition) is 4. The van der Waals surface area contributed by atoms with E-state index in [0.717, 1.165) is 17.2 Å². The topological polar surface area (TPSA) is 42.2 Å². The molecule has 1 aromatic rings. The summed E-state index contributed by atoms with van der Waals surface area (Å²) in [6.07, 6.45) is 3.09. The van der Waals surface area contributed by atoms with Crippen LogP contribution in [0.3, 0.4) is 0 Å². The Morgan fingerprint density at radius 1 is 1.45 bits per heavy atom. The Morgan fingerprint density at radius 2 is 2.27 bits per heavy atom. The molecule has 2 saturated carbocycles. The van der Waals surface area contributed by atoms with E-state index in [-0.39, 0.29) is 11.7 Å². The molecule has 0 N–H and O–H groups in total. The number of nitriles is 1. The van der Waals surface area contributed by atoms with Gasteiger partial charge in [0.2, 0.25) is 0 Å². The van der Waals surface area contributed by atoms with Crippen molar-refractivity contribution in [3.05, 3.63) is 22.4 Å². The molecule has 0 spiro atoms. The average molecular weight is 317 g/mol. The molecule has 4 rings (SSSR count). The molecule has 118 valence electrons. The predicted molar refractivity (Wildman–Crippen MR) is 85.1 cm³/mol. The molecule has 3 nitrogen and oxygen atoms in total. The van der Waals surface area contributed by atoms with Crippen molar-refractivity contribution in [1.29, 1.82) is 5.26 Å². The lowest BCUT2D eigenvalue weighted by molar-refractivity contribution is -0.177. The van der Waals surface area contributed by atoms with Crippen LogP contribution in [0.5, 0.6) is 0 Å². The van der Waals surface area contributed by atoms with Crippen LogP contribution < -0.4 is 0 Å². The number of nitrogens with zero attached hydrogens (tertiary/aromatic N) is 1. The first kappa shape index (κ1) is 14.7. The number of rotatable bonds is 3. The van der Waals surface area contributed by atoms with Crippen LogP contribution in [-0.2, 0) is 9.47 Å². The molecule has 2 aliphatic carbocycles. The minimum absolute atomic E-state index is 0.224. The van der Waals surface area contributed by atoms with Gasteiger partial charge in [0.1, 0.15) is 6.07 Å². The van der Waals surface area contributed by atoms with E-state index < -0.39 is 6.10 Å². The van der Waals surface area contributed by atoms with Gasteiger partial charge in [0.05, 0.1) is 6.10 Å². The van der Waals surface area contributed by atoms with Crippen LogP contribution >= 0.6 is 11.3 Å². The van der Waals surface area contributed by atoms with Crippen LogP contribution in [0.2, 0.25) is 0 Å². The number of fused-ring (bicyclic) bond motifs is 5. The SMILES string of the molecule is CC1(C)[C@@H]2CC[C@@]1(C)[C@H]1O[C@H](O[C@@H](C#N)c3cccs3)C[C@@H]21. The van der Waals surface area contributed by atoms with Crippen molar-refractivity contribution in [2.45, 2.75) is 58.5 Å². The zero-order valence-electron chi connectivity index (χ0n) is 13.4. The molecular formula is C18H23NO2S. The highest BCUT2D eigenvalue weighted by atomic mass is 32.1. The third-order valence-electron chi connectivity index (χ3n) is 6.88. The highest BCUT2D eigenvalue weighted by Crippen LogP contribution is 2.71. The summed E-state index contributed by atoms with van der Waals surface area (Å²) in [5, 5.41) is 11.4. The molecule has 0 aromatic carbocycles. The summed E-state index contributed by atoms with van der Waals surface area (Å²) in [6.45, 7) is 7.21. The Hall–Kier alpha value is -0.890. The number of thiophene rings is 1. The Balaban J connectivity index is 1.50. The van der Waals surface area contributed by atoms with E-state index in [9.17, 15) is 5.26 Å². The second kappa shape index (κ2) is 4.80. The van der Waals surface area contributed by atoms with Crippen LogP contribution in [0.15, 0.2) is 17.5 Å². The van der Waals surface area contributed by atoms with Crippen molar-refractivity contribution in [2.24, 2.45) is 22.7 Å². The van der Waals surface area contributed by atoms with Crippen molar-refractivity contribution in [1.82, 2.24) is 0 Å². The third kappa shape index (κ3) is 1.79. The first-order valence-corrected chi connectivity index (χ1v) is 9.09. The standard InChI is InChI=1S/C18H23NO2S/c1-17(2)12-6-7-18(17,3)16-11(12)9-15(21-16)20-13(10-19)14-5-4-8-22-14/h4-5,8,11-13,15-16H,6-7,9H2,1-3H3/t11-,12+,13-,15-,16-,18-/m0/s1. The van der Waals surface area contributed by atoms with Crippen LogP contribution in [-0.4, -0.2) is 12.4 Å². The maximum atomic E-state index is 9.39. The van der Waals surface area contributed by atoms with Crippen molar-refractivity contribution < 1.29 is 9.47 Å². The van der Waals surface area contributed by atoms with Gasteiger partial charge in [0.15, 0.2) is 12.4 Å². The van der Waals surface area contributed by atoms with Crippen molar-refractivity contribution in [2.75, 3.05) is 0 Å². The fourth-order valence-electron chi connectivity index (χ4n) is 5.32. The van der Waals surface area contributed by atoms with Gasteiger partial charge in [-0.05, 0) is 47.0 Å². The van der Waals surface area contributed by atoms with Gasteiger partial charge in [-0.15, -0.1) is 11.3 Å². The molecule has 3 aliphatic rings. The lowest BCUT2D eigenvalue weighted by Crippen LogP contribution is -2.38. The van der Waals surface area contributed by atoms with Crippen LogP contribution in [0.4, 0.5) is 0 Å². The molecule has 22 heavy (non-hydrogen) atoms. The lowest BCUT2D eigenvalue weighted by atomic mass is 9.70. The molecular weight excluding hydrogens is 294 g/mol. The highest BCUT2D eigenvalue weighted by molar-refractivity contribution is 7.10. The summed E-state index contributed by atoms with van der Waals surface area (Å²) in [7, 11) is 0. The van der Waals surface area contributed by atoms with Crippen molar-refractivity contribution in [3.63, 3.8) is 0 Å². The molecule has 0 unspecified atom stereocenters. The largest absolute Gasteiger partial charge is 0.348 e. The van der Waals surface area contributed by atoms with Gasteiger partial charge in [0.25, 0.3) is 0 Å². The maximum absolute atomic E-state index is 9.39. The minimum Gasteiger partial charge on any atom is -0.348 e. The molecule has 1 aliphatic heterocycles. The van der Waals surface area contributed by atoms with E-state index in [1.54, 1.807) is 11.3 Å². The van der Waals surface area contributed by atoms with E-state index >= 15 is 0 Å². The second-order valence-electron chi connectivity index (χ2n) is 7.83. The number of hydrogen-bond donors (Lipinski definition) is 0. The molecule has 2 bridgehead atoms. The highest BCUT2D eigenvalue weighted by Gasteiger charge is 2.69. The summed E-state index contributed by atoms with van der Waals surface area (Å²) in [6, 6.07) is 6.19. The third-order valence-corrected chi connectivity index (χ3v) is 7.79. The molecule has 3 fully saturated rings. The maximum Gasteiger partial charge on any atom is 0.181 e. The van der Waals surface area contributed by atoms with E-state index in [0.29, 0.717) is 17.4 Å². The number of ether oxygens (including phenoxy) is 2. The average Bonchev–Trinajstić information content (AvgIpc) is 3.19. The fourth-order valence-corrected chi connectivity index (χ4v) is 6.03. The normalized spacial score (nSPS) is 43.0. The smallest absolute Gasteiger partial charge is 0.181 e. The van der Waals surface area contributed by atoms with E-state index in [1.165, 1.54) is 12.8 Å². The van der Waals surface area contributed by atoms with Gasteiger partial charge in [-0.3, -0.25) is 0 Å². The Kier molecular flexibility index (Phi) is 3.21. The molecule has 1 aromatic heterocycles. The van der Waals surface area contributed by atoms with Crippen LogP contribution in [0.25, 0.3) is 0 Å². The van der Waals surface area contributed by atoms with Gasteiger partial charge < -0.3 is 9.47 Å². The first-order chi connectivity index (χ1) is 10.5. The Labute approximate surface area is 136 Å². The Morgan fingerprint density at radius 3 is 2.91 bits per heavy atom. The molecule has 0 amide bonds. The summed E-state index contributed by atoms with van der Waals surface area (Å²) < 4.78 is 12.3. The summed E-state index contributed by atoms with van der Waals surface area (Å²) in [5.74, 6) is 1.33. The zero-order chi connectivity index (χ0) is 15.5. The van der Waals surface area contributed by atoms with E-state index in [1.807, 2.05) is 17.5 Å². The van der Waals surface area contributed by atoms with Gasteiger partial charge in [-0.2, -0.15) is 5.26 Å². The predicted octanol–water partition coefficient (Wildman–Crippen LogP) is 4.52. The summed E-state index contributed by atoms with van der Waals surface area (Å²) in [5.41, 5.74) is 0.612. The second-order valence-corrected chi connectivity index (χ2v) is 8.81. The quantitative estimate of drug-likeness (QED) is 0.823.